The molecule has 122 valence electrons. The number of nitrogens with one attached hydrogen (secondary N) is 2. The Balaban J connectivity index is 2.41. The molecule has 0 radical (unpaired) electrons. The van der Waals surface area contributed by atoms with Gasteiger partial charge >= 0.3 is 5.97 Å². The third-order valence-electron chi connectivity index (χ3n) is 2.70. The molecule has 0 bridgehead atoms. The van der Waals surface area contributed by atoms with Gasteiger partial charge in [-0.05, 0) is 45.0 Å². The third kappa shape index (κ3) is 7.08. The van der Waals surface area contributed by atoms with Crippen molar-refractivity contribution < 1.29 is 24.0 Å². The Hall–Kier alpha value is -2.08. The molecular weight excluding hydrogens is 284 g/mol. The Labute approximate surface area is 131 Å². The third-order valence-corrected chi connectivity index (χ3v) is 2.70. The molecule has 0 aliphatic rings. The number of methoxy groups -OCH3 is 1. The standard InChI is InChI=1S/C16H24N2O4/c1-16(2,3)22-15(20)11-18(4)10-14(19)17-12-6-8-13(21-5)9-7-12/h6-9H,10-11H2,1-5H3,(H,17,19)/p+1. The average Bonchev–Trinajstić information content (AvgIpc) is 2.36. The normalized spacial score (nSPS) is 12.4. The van der Waals surface area contributed by atoms with E-state index < -0.39 is 5.60 Å². The molecule has 0 heterocycles. The van der Waals surface area contributed by atoms with Crippen LogP contribution in [-0.2, 0) is 14.3 Å². The van der Waals surface area contributed by atoms with Crippen LogP contribution in [0.25, 0.3) is 0 Å². The molecule has 1 aromatic carbocycles. The predicted octanol–water partition coefficient (Wildman–Crippen LogP) is 0.490. The van der Waals surface area contributed by atoms with Crippen molar-refractivity contribution in [1.82, 2.24) is 0 Å². The molecule has 1 unspecified atom stereocenters. The number of quaternary nitrogens is 1. The summed E-state index contributed by atoms with van der Waals surface area (Å²) in [7, 11) is 3.36. The summed E-state index contributed by atoms with van der Waals surface area (Å²) < 4.78 is 10.3. The molecule has 1 rings (SSSR count). The minimum Gasteiger partial charge on any atom is -0.497 e. The molecule has 0 saturated heterocycles. The van der Waals surface area contributed by atoms with E-state index in [1.165, 1.54) is 0 Å². The Bertz CT molecular complexity index is 506. The van der Waals surface area contributed by atoms with Crippen LogP contribution in [0.2, 0.25) is 0 Å². The molecule has 1 aromatic rings. The Morgan fingerprint density at radius 2 is 1.73 bits per heavy atom. The highest BCUT2D eigenvalue weighted by Crippen LogP contribution is 2.14. The number of likely N-dealkylation sites (N-methyl/N-ethyl adjacent to an activating group) is 1. The maximum absolute atomic E-state index is 11.9. The molecule has 6 heteroatoms. The molecule has 1 amide bonds. The predicted molar refractivity (Wildman–Crippen MR) is 84.1 cm³/mol. The van der Waals surface area contributed by atoms with Crippen molar-refractivity contribution in [2.75, 3.05) is 32.6 Å². The van der Waals surface area contributed by atoms with E-state index in [0.29, 0.717) is 5.69 Å². The molecule has 6 nitrogen and oxygen atoms in total. The molecule has 0 aliphatic heterocycles. The second kappa shape index (κ2) is 7.79. The lowest BCUT2D eigenvalue weighted by atomic mass is 10.2. The smallest absolute Gasteiger partial charge is 0.362 e. The van der Waals surface area contributed by atoms with Gasteiger partial charge < -0.3 is 19.7 Å². The number of hydrogen-bond acceptors (Lipinski definition) is 4. The van der Waals surface area contributed by atoms with Gasteiger partial charge in [-0.3, -0.25) is 4.79 Å². The number of rotatable bonds is 6. The SMILES string of the molecule is COc1ccc(NC(=O)C[NH+](C)CC(=O)OC(C)(C)C)cc1. The molecular formula is C16H25N2O4+. The van der Waals surface area contributed by atoms with Gasteiger partial charge in [-0.15, -0.1) is 0 Å². The summed E-state index contributed by atoms with van der Waals surface area (Å²) >= 11 is 0. The van der Waals surface area contributed by atoms with Crippen LogP contribution in [0.1, 0.15) is 20.8 Å². The summed E-state index contributed by atoms with van der Waals surface area (Å²) in [6, 6.07) is 7.07. The summed E-state index contributed by atoms with van der Waals surface area (Å²) in [6.45, 7) is 5.78. The molecule has 0 spiro atoms. The van der Waals surface area contributed by atoms with E-state index in [0.717, 1.165) is 10.6 Å². The first-order valence-corrected chi connectivity index (χ1v) is 7.16. The van der Waals surface area contributed by atoms with Crippen LogP contribution in [0.15, 0.2) is 24.3 Å². The van der Waals surface area contributed by atoms with Gasteiger partial charge in [-0.2, -0.15) is 0 Å². The zero-order chi connectivity index (χ0) is 16.8. The Kier molecular flexibility index (Phi) is 6.37. The van der Waals surface area contributed by atoms with Gasteiger partial charge in [0, 0.05) is 5.69 Å². The Morgan fingerprint density at radius 3 is 2.23 bits per heavy atom. The number of carbonyl (C=O) groups excluding carboxylic acids is 2. The number of carbonyl (C=O) groups is 2. The van der Waals surface area contributed by atoms with Crippen LogP contribution < -0.4 is 15.0 Å². The van der Waals surface area contributed by atoms with Crippen molar-refractivity contribution in [3.8, 4) is 5.75 Å². The van der Waals surface area contributed by atoms with Crippen molar-refractivity contribution in [2.45, 2.75) is 26.4 Å². The van der Waals surface area contributed by atoms with Gasteiger partial charge in [-0.25, -0.2) is 4.79 Å². The number of anilines is 1. The van der Waals surface area contributed by atoms with Crippen molar-refractivity contribution in [3.05, 3.63) is 24.3 Å². The van der Waals surface area contributed by atoms with E-state index in [1.54, 1.807) is 38.4 Å². The molecule has 22 heavy (non-hydrogen) atoms. The summed E-state index contributed by atoms with van der Waals surface area (Å²) in [5, 5.41) is 2.78. The maximum Gasteiger partial charge on any atom is 0.362 e. The van der Waals surface area contributed by atoms with Gasteiger partial charge in [0.15, 0.2) is 13.1 Å². The van der Waals surface area contributed by atoms with Gasteiger partial charge in [0.1, 0.15) is 11.4 Å². The largest absolute Gasteiger partial charge is 0.497 e. The maximum atomic E-state index is 11.9. The first-order chi connectivity index (χ1) is 10.2. The molecule has 0 fully saturated rings. The summed E-state index contributed by atoms with van der Waals surface area (Å²) in [5.74, 6) is 0.249. The van der Waals surface area contributed by atoms with E-state index >= 15 is 0 Å². The number of amides is 1. The summed E-state index contributed by atoms with van der Waals surface area (Å²) in [5.41, 5.74) is 0.179. The lowest BCUT2D eigenvalue weighted by Crippen LogP contribution is -3.11. The average molecular weight is 309 g/mol. The second-order valence-electron chi connectivity index (χ2n) is 6.17. The molecule has 2 N–H and O–H groups in total. The van der Waals surface area contributed by atoms with Gasteiger partial charge in [0.25, 0.3) is 5.91 Å². The minimum absolute atomic E-state index is 0.146. The monoisotopic (exact) mass is 309 g/mol. The minimum atomic E-state index is -0.511. The molecule has 0 aromatic heterocycles. The first kappa shape index (κ1) is 18.0. The fourth-order valence-corrected chi connectivity index (χ4v) is 1.84. The molecule has 1 atom stereocenters. The van der Waals surface area contributed by atoms with Crippen LogP contribution in [-0.4, -0.2) is 44.7 Å². The van der Waals surface area contributed by atoms with Crippen LogP contribution >= 0.6 is 0 Å². The number of esters is 1. The fourth-order valence-electron chi connectivity index (χ4n) is 1.84. The first-order valence-electron chi connectivity index (χ1n) is 7.16. The highest BCUT2D eigenvalue weighted by molar-refractivity contribution is 5.91. The topological polar surface area (TPSA) is 69.1 Å². The van der Waals surface area contributed by atoms with Gasteiger partial charge in [-0.1, -0.05) is 0 Å². The summed E-state index contributed by atoms with van der Waals surface area (Å²) in [4.78, 5) is 24.4. The van der Waals surface area contributed by atoms with Crippen LogP contribution in [0.3, 0.4) is 0 Å². The zero-order valence-corrected chi connectivity index (χ0v) is 13.9. The fraction of sp³-hybridized carbons (Fsp3) is 0.500. The zero-order valence-electron chi connectivity index (χ0n) is 13.9. The second-order valence-corrected chi connectivity index (χ2v) is 6.17. The van der Waals surface area contributed by atoms with Crippen LogP contribution in [0, 0.1) is 0 Å². The summed E-state index contributed by atoms with van der Waals surface area (Å²) in [6.07, 6.45) is 0. The number of benzene rings is 1. The van der Waals surface area contributed by atoms with E-state index in [2.05, 4.69) is 5.32 Å². The van der Waals surface area contributed by atoms with Crippen molar-refractivity contribution >= 4 is 17.6 Å². The quantitative estimate of drug-likeness (QED) is 0.751. The lowest BCUT2D eigenvalue weighted by molar-refractivity contribution is -0.863. The lowest BCUT2D eigenvalue weighted by Gasteiger charge is -2.20. The van der Waals surface area contributed by atoms with E-state index in [4.69, 9.17) is 9.47 Å². The van der Waals surface area contributed by atoms with Crippen molar-refractivity contribution in [3.63, 3.8) is 0 Å². The van der Waals surface area contributed by atoms with E-state index in [1.807, 2.05) is 20.8 Å². The highest BCUT2D eigenvalue weighted by atomic mass is 16.6. The van der Waals surface area contributed by atoms with Crippen LogP contribution in [0.4, 0.5) is 5.69 Å². The van der Waals surface area contributed by atoms with Crippen LogP contribution in [0.5, 0.6) is 5.75 Å². The highest BCUT2D eigenvalue weighted by Gasteiger charge is 2.20. The van der Waals surface area contributed by atoms with E-state index in [-0.39, 0.29) is 25.0 Å². The van der Waals surface area contributed by atoms with Crippen molar-refractivity contribution in [1.29, 1.82) is 0 Å². The van der Waals surface area contributed by atoms with Gasteiger partial charge in [0.05, 0.1) is 14.2 Å². The van der Waals surface area contributed by atoms with Gasteiger partial charge in [0.2, 0.25) is 0 Å². The van der Waals surface area contributed by atoms with E-state index in [9.17, 15) is 9.59 Å². The van der Waals surface area contributed by atoms with Crippen molar-refractivity contribution in [2.24, 2.45) is 0 Å². The number of ether oxygens (including phenoxy) is 2. The molecule has 0 aliphatic carbocycles. The Morgan fingerprint density at radius 1 is 1.14 bits per heavy atom. The molecule has 0 saturated carbocycles. The number of hydrogen-bond donors (Lipinski definition) is 2.